The normalized spacial score (nSPS) is 19.4. The van der Waals surface area contributed by atoms with Gasteiger partial charge in [-0.05, 0) is 44.9 Å². The molecule has 1 aliphatic rings. The molecule has 58 heavy (non-hydrogen) atoms. The number of ether oxygens (including phenoxy) is 1. The summed E-state index contributed by atoms with van der Waals surface area (Å²) in [5.41, 5.74) is 21.8. The number of hydrogen-bond donors (Lipinski definition) is 14. The molecule has 3 heterocycles. The number of aldehydes is 1. The van der Waals surface area contributed by atoms with Gasteiger partial charge >= 0.3 is 5.96 Å². The third-order valence-electron chi connectivity index (χ3n) is 9.00. The van der Waals surface area contributed by atoms with Crippen LogP contribution in [0.3, 0.4) is 0 Å². The van der Waals surface area contributed by atoms with Crippen LogP contribution < -0.4 is 59.8 Å². The number of aliphatic hydroxyl groups excluding tert-OH is 3. The molecular weight excluding hydrogens is 766 g/mol. The molecule has 0 bridgehead atoms. The number of nitrogens with zero attached hydrogens (tertiary/aromatic N) is 4. The van der Waals surface area contributed by atoms with Crippen molar-refractivity contribution in [2.45, 2.75) is 87.6 Å². The molecule has 0 spiro atoms. The summed E-state index contributed by atoms with van der Waals surface area (Å²) in [4.78, 5) is 88.8. The summed E-state index contributed by atoms with van der Waals surface area (Å²) in [5.74, 6) is -3.11. The van der Waals surface area contributed by atoms with E-state index in [0.717, 1.165) is 0 Å². The first-order valence-corrected chi connectivity index (χ1v) is 18.9. The highest BCUT2D eigenvalue weighted by Gasteiger charge is 2.44. The quantitative estimate of drug-likeness (QED) is 0.0191. The smallest absolute Gasteiger partial charge is 0.341 e. The Hall–Kier alpha value is -5.60. The number of anilines is 1. The molecule has 0 aromatic carbocycles. The monoisotopic (exact) mass is 823 g/mol. The molecule has 1 aliphatic heterocycles. The van der Waals surface area contributed by atoms with Crippen molar-refractivity contribution in [2.24, 2.45) is 11.5 Å². The summed E-state index contributed by atoms with van der Waals surface area (Å²) in [6.45, 7) is -0.700. The number of carbonyl (C=O) groups is 6. The SMILES string of the molecule is NC(NCCC[C@H]1O[C@@H](n2cnc3c(N)ncnc32)[C@H](O)[C@@H]1O)=[NH+]CCC[C@H](NC(=O)CNC(=O)[C@@H](N)CO)C(=O)NCC(=O)N[C@@H](CCCC[NH3+])C(=O)NCC=O. The van der Waals surface area contributed by atoms with Crippen LogP contribution in [-0.4, -0.2) is 159 Å². The number of carbonyl (C=O) groups excluding carboxylic acids is 6. The number of fused-ring (bicyclic) bond motifs is 1. The summed E-state index contributed by atoms with van der Waals surface area (Å²) in [5, 5.41) is 45.5. The average Bonchev–Trinajstić information content (AvgIpc) is 3.77. The van der Waals surface area contributed by atoms with E-state index in [-0.39, 0.29) is 37.7 Å². The van der Waals surface area contributed by atoms with Gasteiger partial charge in [0.25, 0.3) is 0 Å². The maximum absolute atomic E-state index is 13.2. The van der Waals surface area contributed by atoms with Gasteiger partial charge in [0, 0.05) is 0 Å². The van der Waals surface area contributed by atoms with Crippen molar-refractivity contribution in [1.82, 2.24) is 51.4 Å². The van der Waals surface area contributed by atoms with Crippen LogP contribution in [0, 0.1) is 0 Å². The summed E-state index contributed by atoms with van der Waals surface area (Å²) in [7, 11) is 0. The van der Waals surface area contributed by atoms with Gasteiger partial charge in [-0.3, -0.25) is 44.6 Å². The summed E-state index contributed by atoms with van der Waals surface area (Å²) in [6, 6.07) is -3.36. The van der Waals surface area contributed by atoms with Gasteiger partial charge in [-0.25, -0.2) is 15.0 Å². The van der Waals surface area contributed by atoms with E-state index in [0.29, 0.717) is 62.6 Å². The number of unbranched alkanes of at least 4 members (excludes halogenated alkanes) is 1. The van der Waals surface area contributed by atoms with E-state index in [1.54, 1.807) is 0 Å². The number of nitrogens with one attached hydrogen (secondary N) is 7. The fourth-order valence-corrected chi connectivity index (χ4v) is 5.86. The van der Waals surface area contributed by atoms with E-state index >= 15 is 0 Å². The lowest BCUT2D eigenvalue weighted by Gasteiger charge is -2.20. The molecule has 19 N–H and O–H groups in total. The number of nitrogens with two attached hydrogens (primary N) is 3. The van der Waals surface area contributed by atoms with Crippen LogP contribution in [0.2, 0.25) is 0 Å². The second kappa shape index (κ2) is 24.2. The van der Waals surface area contributed by atoms with E-state index in [2.05, 4.69) is 57.6 Å². The van der Waals surface area contributed by atoms with Crippen molar-refractivity contribution in [2.75, 3.05) is 51.6 Å². The Labute approximate surface area is 332 Å². The molecule has 5 amide bonds. The van der Waals surface area contributed by atoms with E-state index in [4.69, 9.17) is 27.0 Å². The first-order chi connectivity index (χ1) is 27.8. The van der Waals surface area contributed by atoms with Crippen LogP contribution in [0.1, 0.15) is 51.2 Å². The molecule has 2 aromatic heterocycles. The first kappa shape index (κ1) is 46.8. The summed E-state index contributed by atoms with van der Waals surface area (Å²) in [6.07, 6.45) is 1.90. The molecule has 0 unspecified atom stereocenters. The molecule has 2 aromatic rings. The van der Waals surface area contributed by atoms with Crippen molar-refractivity contribution in [1.29, 1.82) is 0 Å². The maximum atomic E-state index is 13.2. The minimum atomic E-state index is -1.25. The molecule has 322 valence electrons. The molecule has 0 saturated carbocycles. The minimum absolute atomic E-state index is 0.0661. The molecule has 0 aliphatic carbocycles. The number of quaternary nitrogens is 1. The Balaban J connectivity index is 1.49. The minimum Gasteiger partial charge on any atom is -0.394 e. The molecule has 1 saturated heterocycles. The predicted octanol–water partition coefficient (Wildman–Crippen LogP) is -9.18. The second-order valence-corrected chi connectivity index (χ2v) is 13.4. The van der Waals surface area contributed by atoms with Gasteiger partial charge in [0.05, 0.1) is 58.3 Å². The van der Waals surface area contributed by atoms with Gasteiger partial charge in [0.1, 0.15) is 48.5 Å². The van der Waals surface area contributed by atoms with Crippen LogP contribution in [0.4, 0.5) is 5.82 Å². The van der Waals surface area contributed by atoms with Crippen LogP contribution >= 0.6 is 0 Å². The second-order valence-electron chi connectivity index (χ2n) is 13.4. The lowest BCUT2D eigenvalue weighted by atomic mass is 10.1. The zero-order valence-corrected chi connectivity index (χ0v) is 32.1. The highest BCUT2D eigenvalue weighted by molar-refractivity contribution is 5.94. The molecule has 0 radical (unpaired) electrons. The van der Waals surface area contributed by atoms with Crippen LogP contribution in [-0.2, 0) is 33.5 Å². The Morgan fingerprint density at radius 3 is 2.22 bits per heavy atom. The van der Waals surface area contributed by atoms with Crippen LogP contribution in [0.5, 0.6) is 0 Å². The van der Waals surface area contributed by atoms with E-state index in [9.17, 15) is 39.0 Å². The zero-order valence-electron chi connectivity index (χ0n) is 32.1. The first-order valence-electron chi connectivity index (χ1n) is 18.9. The van der Waals surface area contributed by atoms with Gasteiger partial charge in [0.15, 0.2) is 17.7 Å². The molecule has 1 fully saturated rings. The summed E-state index contributed by atoms with van der Waals surface area (Å²) < 4.78 is 7.44. The van der Waals surface area contributed by atoms with E-state index in [1.807, 2.05) is 0 Å². The largest absolute Gasteiger partial charge is 0.394 e. The number of aliphatic hydroxyl groups is 3. The Morgan fingerprint density at radius 2 is 1.57 bits per heavy atom. The van der Waals surface area contributed by atoms with Crippen LogP contribution in [0.15, 0.2) is 12.7 Å². The van der Waals surface area contributed by atoms with Crippen molar-refractivity contribution in [3.8, 4) is 0 Å². The predicted molar refractivity (Wildman–Crippen MR) is 203 cm³/mol. The average molecular weight is 824 g/mol. The third kappa shape index (κ3) is 14.4. The lowest BCUT2D eigenvalue weighted by molar-refractivity contribution is -0.461. The standard InChI is InChI=1S/C33H55N15O10/c34-8-2-1-5-19(30(56)38-11-12-49)46-23(52)14-42-31(57)20(47-22(51)13-41-29(55)18(35)15-50)6-3-9-39-33(37)40-10-4-7-21-25(53)26(54)32(58-21)48-17-45-24-27(36)43-16-44-28(24)48/h12,16-21,25-26,32,50,53-54H,1-11,13-15,34-35H2,(H,38,56)(H,41,55)(H,42,57)(H,46,52)(H,47,51)(H2,36,43,44)(H3,37,39,40)/p+2/t18-,19-,20-,21+,25+,26+,32+/m0/s1. The Bertz CT molecular complexity index is 1710. The maximum Gasteiger partial charge on any atom is 0.341 e. The Kier molecular flexibility index (Phi) is 19.5. The van der Waals surface area contributed by atoms with Crippen molar-refractivity contribution in [3.05, 3.63) is 12.7 Å². The number of imidazole rings is 1. The number of amides is 5. The molecule has 25 heteroatoms. The zero-order chi connectivity index (χ0) is 42.6. The van der Waals surface area contributed by atoms with Crippen LogP contribution in [0.25, 0.3) is 11.2 Å². The molecular formula is C33H57N15O10+2. The molecule has 25 nitrogen and oxygen atoms in total. The topological polar surface area (TPSA) is 408 Å². The van der Waals surface area contributed by atoms with Crippen molar-refractivity contribution < 1.29 is 59.5 Å². The Morgan fingerprint density at radius 1 is 0.914 bits per heavy atom. The fraction of sp³-hybridized carbons (Fsp3) is 0.636. The number of aromatic nitrogens is 4. The van der Waals surface area contributed by atoms with Crippen molar-refractivity contribution in [3.63, 3.8) is 0 Å². The highest BCUT2D eigenvalue weighted by atomic mass is 16.6. The number of guanidine groups is 1. The number of rotatable bonds is 25. The summed E-state index contributed by atoms with van der Waals surface area (Å²) >= 11 is 0. The van der Waals surface area contributed by atoms with Gasteiger partial charge < -0.3 is 68.6 Å². The lowest BCUT2D eigenvalue weighted by Crippen LogP contribution is -2.79. The number of hydrogen-bond acceptors (Lipinski definition) is 15. The van der Waals surface area contributed by atoms with E-state index in [1.165, 1.54) is 17.2 Å². The number of nitrogen functional groups attached to an aromatic ring is 1. The van der Waals surface area contributed by atoms with Gasteiger partial charge in [-0.2, -0.15) is 0 Å². The molecule has 3 rings (SSSR count). The van der Waals surface area contributed by atoms with E-state index < -0.39 is 91.9 Å². The highest BCUT2D eigenvalue weighted by Crippen LogP contribution is 2.33. The van der Waals surface area contributed by atoms with Gasteiger partial charge in [0.2, 0.25) is 29.5 Å². The van der Waals surface area contributed by atoms with Gasteiger partial charge in [-0.1, -0.05) is 0 Å². The third-order valence-corrected chi connectivity index (χ3v) is 9.00. The molecule has 7 atom stereocenters. The van der Waals surface area contributed by atoms with Crippen molar-refractivity contribution >= 4 is 58.8 Å². The fourth-order valence-electron chi connectivity index (χ4n) is 5.86. The van der Waals surface area contributed by atoms with Gasteiger partial charge in [-0.15, -0.1) is 0 Å².